The van der Waals surface area contributed by atoms with Crippen LogP contribution < -0.4 is 5.32 Å². The predicted octanol–water partition coefficient (Wildman–Crippen LogP) is 3.86. The Labute approximate surface area is 171 Å². The molecule has 6 nitrogen and oxygen atoms in total. The maximum Gasteiger partial charge on any atom is 0.409 e. The van der Waals surface area contributed by atoms with E-state index in [0.717, 1.165) is 11.3 Å². The van der Waals surface area contributed by atoms with E-state index in [9.17, 15) is 9.90 Å². The van der Waals surface area contributed by atoms with Crippen molar-refractivity contribution >= 4 is 11.8 Å². The number of phenols is 1. The van der Waals surface area contributed by atoms with Crippen LogP contribution in [0.5, 0.6) is 5.75 Å². The lowest BCUT2D eigenvalue weighted by Gasteiger charge is -2.45. The molecular formula is C23H27N3O3. The number of nitrogens with zero attached hydrogens (tertiary/aromatic N) is 2. The van der Waals surface area contributed by atoms with Gasteiger partial charge in [0.25, 0.3) is 0 Å². The van der Waals surface area contributed by atoms with Crippen molar-refractivity contribution in [3.05, 3.63) is 65.7 Å². The molecule has 6 heteroatoms. The van der Waals surface area contributed by atoms with Crippen LogP contribution in [0.2, 0.25) is 0 Å². The van der Waals surface area contributed by atoms with Crippen molar-refractivity contribution in [2.75, 3.05) is 19.7 Å². The standard InChI is InChI=1S/C23H27N3O3/c1-2-29-22(28)26-14-12-23(13-15-26)24-19(17-8-4-3-5-9-17)16-20(25-23)18-10-6-7-11-21(18)27/h3-11,19,24,27H,2,12-16H2,1H3/t19-/m0/s1. The van der Waals surface area contributed by atoms with Crippen molar-refractivity contribution in [2.45, 2.75) is 37.9 Å². The minimum atomic E-state index is -0.459. The number of amides is 1. The van der Waals surface area contributed by atoms with Crippen LogP contribution in [0.3, 0.4) is 0 Å². The van der Waals surface area contributed by atoms with E-state index in [1.54, 1.807) is 11.0 Å². The van der Waals surface area contributed by atoms with Gasteiger partial charge in [-0.1, -0.05) is 42.5 Å². The van der Waals surface area contributed by atoms with Gasteiger partial charge in [0, 0.05) is 49.7 Å². The van der Waals surface area contributed by atoms with Gasteiger partial charge in [-0.25, -0.2) is 4.79 Å². The zero-order valence-corrected chi connectivity index (χ0v) is 16.7. The topological polar surface area (TPSA) is 74.2 Å². The number of hydrogen-bond acceptors (Lipinski definition) is 5. The monoisotopic (exact) mass is 393 g/mol. The average Bonchev–Trinajstić information content (AvgIpc) is 2.75. The van der Waals surface area contributed by atoms with Crippen LogP contribution in [0.4, 0.5) is 4.79 Å². The maximum atomic E-state index is 12.1. The summed E-state index contributed by atoms with van der Waals surface area (Å²) >= 11 is 0. The van der Waals surface area contributed by atoms with E-state index < -0.39 is 5.66 Å². The Morgan fingerprint density at radius 1 is 1.17 bits per heavy atom. The number of carbonyl (C=O) groups excluding carboxylic acids is 1. The fourth-order valence-electron chi connectivity index (χ4n) is 4.21. The molecule has 2 aromatic carbocycles. The zero-order valence-electron chi connectivity index (χ0n) is 16.7. The second-order valence-corrected chi connectivity index (χ2v) is 7.60. The van der Waals surface area contributed by atoms with E-state index in [0.29, 0.717) is 39.0 Å². The molecule has 0 saturated carbocycles. The van der Waals surface area contributed by atoms with Crippen LogP contribution in [-0.4, -0.2) is 47.2 Å². The number of aromatic hydroxyl groups is 1. The number of benzene rings is 2. The first-order chi connectivity index (χ1) is 14.1. The van der Waals surface area contributed by atoms with Gasteiger partial charge in [0.1, 0.15) is 11.4 Å². The Balaban J connectivity index is 1.64. The summed E-state index contributed by atoms with van der Waals surface area (Å²) in [6.07, 6.45) is 1.84. The lowest BCUT2D eigenvalue weighted by molar-refractivity contribution is 0.0779. The van der Waals surface area contributed by atoms with E-state index in [1.165, 1.54) is 5.56 Å². The van der Waals surface area contributed by atoms with E-state index in [4.69, 9.17) is 9.73 Å². The minimum Gasteiger partial charge on any atom is -0.507 e. The highest BCUT2D eigenvalue weighted by Crippen LogP contribution is 2.36. The first kappa shape index (κ1) is 19.5. The van der Waals surface area contributed by atoms with Gasteiger partial charge in [-0.3, -0.25) is 10.3 Å². The number of likely N-dealkylation sites (tertiary alicyclic amines) is 1. The first-order valence-corrected chi connectivity index (χ1v) is 10.2. The molecule has 2 N–H and O–H groups in total. The molecule has 2 heterocycles. The van der Waals surface area contributed by atoms with Crippen molar-refractivity contribution in [2.24, 2.45) is 4.99 Å². The Hall–Kier alpha value is -2.86. The molecule has 0 bridgehead atoms. The highest BCUT2D eigenvalue weighted by molar-refractivity contribution is 6.03. The van der Waals surface area contributed by atoms with Gasteiger partial charge in [0.05, 0.1) is 6.61 Å². The second-order valence-electron chi connectivity index (χ2n) is 7.60. The molecule has 2 aliphatic heterocycles. The largest absolute Gasteiger partial charge is 0.507 e. The average molecular weight is 393 g/mol. The molecule has 2 aliphatic rings. The van der Waals surface area contributed by atoms with E-state index in [1.807, 2.05) is 43.3 Å². The van der Waals surface area contributed by atoms with Crippen LogP contribution in [0.25, 0.3) is 0 Å². The molecule has 0 aromatic heterocycles. The quantitative estimate of drug-likeness (QED) is 0.830. The summed E-state index contributed by atoms with van der Waals surface area (Å²) in [6, 6.07) is 17.8. The molecule has 1 fully saturated rings. The van der Waals surface area contributed by atoms with Crippen LogP contribution in [0, 0.1) is 0 Å². The summed E-state index contributed by atoms with van der Waals surface area (Å²) in [7, 11) is 0. The van der Waals surface area contributed by atoms with Crippen molar-refractivity contribution < 1.29 is 14.6 Å². The highest BCUT2D eigenvalue weighted by atomic mass is 16.6. The third kappa shape index (κ3) is 4.12. The van der Waals surface area contributed by atoms with Gasteiger partial charge in [0.15, 0.2) is 0 Å². The molecule has 0 unspecified atom stereocenters. The van der Waals surface area contributed by atoms with Crippen molar-refractivity contribution in [1.29, 1.82) is 0 Å². The molecule has 0 aliphatic carbocycles. The van der Waals surface area contributed by atoms with Gasteiger partial charge in [0.2, 0.25) is 0 Å². The van der Waals surface area contributed by atoms with Crippen molar-refractivity contribution in [3.8, 4) is 5.75 Å². The van der Waals surface area contributed by atoms with Gasteiger partial charge in [-0.05, 0) is 24.6 Å². The Morgan fingerprint density at radius 2 is 1.86 bits per heavy atom. The van der Waals surface area contributed by atoms with Crippen LogP contribution in [0.1, 0.15) is 43.4 Å². The zero-order chi connectivity index (χ0) is 20.3. The summed E-state index contributed by atoms with van der Waals surface area (Å²) in [5, 5.41) is 14.2. The molecule has 1 spiro atoms. The van der Waals surface area contributed by atoms with Crippen LogP contribution in [0.15, 0.2) is 59.6 Å². The fraction of sp³-hybridized carbons (Fsp3) is 0.391. The molecule has 2 aromatic rings. The summed E-state index contributed by atoms with van der Waals surface area (Å²) < 4.78 is 5.15. The van der Waals surface area contributed by atoms with Crippen molar-refractivity contribution in [3.63, 3.8) is 0 Å². The van der Waals surface area contributed by atoms with Gasteiger partial charge >= 0.3 is 6.09 Å². The lowest BCUT2D eigenvalue weighted by atomic mass is 9.87. The summed E-state index contributed by atoms with van der Waals surface area (Å²) in [4.78, 5) is 18.9. The maximum absolute atomic E-state index is 12.1. The summed E-state index contributed by atoms with van der Waals surface area (Å²) in [5.74, 6) is 0.249. The lowest BCUT2D eigenvalue weighted by Crippen LogP contribution is -2.56. The second kappa shape index (κ2) is 8.25. The molecule has 0 radical (unpaired) electrons. The first-order valence-electron chi connectivity index (χ1n) is 10.2. The normalized spacial score (nSPS) is 20.9. The summed E-state index contributed by atoms with van der Waals surface area (Å²) in [6.45, 7) is 3.37. The number of para-hydroxylation sites is 1. The Bertz CT molecular complexity index is 889. The number of hydrogen-bond donors (Lipinski definition) is 2. The van der Waals surface area contributed by atoms with Crippen LogP contribution >= 0.6 is 0 Å². The number of rotatable bonds is 3. The summed E-state index contributed by atoms with van der Waals surface area (Å²) in [5.41, 5.74) is 2.42. The Kier molecular flexibility index (Phi) is 5.53. The number of ether oxygens (including phenoxy) is 1. The number of carbonyl (C=O) groups is 1. The highest BCUT2D eigenvalue weighted by Gasteiger charge is 2.41. The molecule has 1 saturated heterocycles. The molecule has 29 heavy (non-hydrogen) atoms. The van der Waals surface area contributed by atoms with E-state index in [-0.39, 0.29) is 17.9 Å². The minimum absolute atomic E-state index is 0.0949. The van der Waals surface area contributed by atoms with Gasteiger partial charge in [-0.2, -0.15) is 0 Å². The van der Waals surface area contributed by atoms with Crippen LogP contribution in [-0.2, 0) is 4.74 Å². The third-order valence-corrected chi connectivity index (χ3v) is 5.72. The van der Waals surface area contributed by atoms with Gasteiger partial charge in [-0.15, -0.1) is 0 Å². The molecule has 4 rings (SSSR count). The predicted molar refractivity (Wildman–Crippen MR) is 112 cm³/mol. The fourth-order valence-corrected chi connectivity index (χ4v) is 4.21. The third-order valence-electron chi connectivity index (χ3n) is 5.72. The SMILES string of the molecule is CCOC(=O)N1CCC2(CC1)N=C(c1ccccc1O)C[C@@H](c1ccccc1)N2. The van der Waals surface area contributed by atoms with Gasteiger partial charge < -0.3 is 14.7 Å². The molecular weight excluding hydrogens is 366 g/mol. The number of nitrogens with one attached hydrogen (secondary N) is 1. The van der Waals surface area contributed by atoms with E-state index >= 15 is 0 Å². The van der Waals surface area contributed by atoms with E-state index in [2.05, 4.69) is 17.4 Å². The molecule has 152 valence electrons. The van der Waals surface area contributed by atoms with Crippen molar-refractivity contribution in [1.82, 2.24) is 10.2 Å². The number of phenolic OH excluding ortho intramolecular Hbond substituents is 1. The molecule has 1 amide bonds. The number of piperidine rings is 1. The smallest absolute Gasteiger partial charge is 0.409 e. The Morgan fingerprint density at radius 3 is 2.55 bits per heavy atom. The molecule has 1 atom stereocenters. The number of aliphatic imine (C=N–C) groups is 1.